The van der Waals surface area contributed by atoms with Crippen LogP contribution in [-0.2, 0) is 6.42 Å². The fraction of sp³-hybridized carbons (Fsp3) is 0.143. The molecule has 2 aromatic carbocycles. The van der Waals surface area contributed by atoms with Crippen LogP contribution in [0.5, 0.6) is 0 Å². The van der Waals surface area contributed by atoms with Crippen LogP contribution in [0.2, 0.25) is 0 Å². The van der Waals surface area contributed by atoms with E-state index in [-0.39, 0.29) is 5.82 Å². The zero-order valence-corrected chi connectivity index (χ0v) is 10.9. The molecule has 0 saturated heterocycles. The number of hydrogen-bond donors (Lipinski definition) is 1. The average Bonchev–Trinajstić information content (AvgIpc) is 2.33. The third-order valence-electron chi connectivity index (χ3n) is 2.62. The molecule has 17 heavy (non-hydrogen) atoms. The van der Waals surface area contributed by atoms with Gasteiger partial charge in [0.25, 0.3) is 0 Å². The highest BCUT2D eigenvalue weighted by Crippen LogP contribution is 2.29. The van der Waals surface area contributed by atoms with Gasteiger partial charge in [-0.3, -0.25) is 0 Å². The molecule has 0 radical (unpaired) electrons. The van der Waals surface area contributed by atoms with Crippen LogP contribution >= 0.6 is 15.9 Å². The van der Waals surface area contributed by atoms with Gasteiger partial charge in [-0.1, -0.05) is 34.1 Å². The summed E-state index contributed by atoms with van der Waals surface area (Å²) < 4.78 is 13.9. The highest BCUT2D eigenvalue weighted by Gasteiger charge is 2.04. The maximum absolute atomic E-state index is 12.9. The molecule has 0 fully saturated rings. The van der Waals surface area contributed by atoms with Crippen molar-refractivity contribution >= 4 is 15.9 Å². The van der Waals surface area contributed by atoms with Crippen molar-refractivity contribution in [2.75, 3.05) is 6.54 Å². The molecule has 0 aromatic heterocycles. The second-order valence-corrected chi connectivity index (χ2v) is 4.71. The van der Waals surface area contributed by atoms with Gasteiger partial charge in [-0.05, 0) is 53.9 Å². The van der Waals surface area contributed by atoms with Crippen molar-refractivity contribution < 1.29 is 4.39 Å². The number of nitrogens with two attached hydrogens (primary N) is 1. The molecule has 88 valence electrons. The van der Waals surface area contributed by atoms with E-state index in [9.17, 15) is 4.39 Å². The fourth-order valence-electron chi connectivity index (χ4n) is 1.75. The molecule has 0 aliphatic heterocycles. The molecule has 0 unspecified atom stereocenters. The van der Waals surface area contributed by atoms with Crippen molar-refractivity contribution in [3.05, 3.63) is 58.3 Å². The molecule has 0 atom stereocenters. The van der Waals surface area contributed by atoms with E-state index in [0.717, 1.165) is 22.0 Å². The molecule has 2 N–H and O–H groups in total. The van der Waals surface area contributed by atoms with Gasteiger partial charge in [-0.25, -0.2) is 4.39 Å². The van der Waals surface area contributed by atoms with Gasteiger partial charge in [-0.2, -0.15) is 0 Å². The van der Waals surface area contributed by atoms with Crippen LogP contribution in [0.15, 0.2) is 46.9 Å². The van der Waals surface area contributed by atoms with Crippen molar-refractivity contribution in [3.63, 3.8) is 0 Å². The van der Waals surface area contributed by atoms with Crippen LogP contribution in [0.3, 0.4) is 0 Å². The Morgan fingerprint density at radius 3 is 2.41 bits per heavy atom. The second kappa shape index (κ2) is 5.43. The molecular weight excluding hydrogens is 281 g/mol. The van der Waals surface area contributed by atoms with Gasteiger partial charge < -0.3 is 5.73 Å². The van der Waals surface area contributed by atoms with Crippen LogP contribution in [-0.4, -0.2) is 6.54 Å². The summed E-state index contributed by atoms with van der Waals surface area (Å²) in [5.74, 6) is -0.219. The predicted molar refractivity (Wildman–Crippen MR) is 72.3 cm³/mol. The Kier molecular flexibility index (Phi) is 3.92. The van der Waals surface area contributed by atoms with E-state index in [4.69, 9.17) is 5.73 Å². The minimum Gasteiger partial charge on any atom is -0.330 e. The molecule has 3 heteroatoms. The summed E-state index contributed by atoms with van der Waals surface area (Å²) in [6, 6.07) is 12.6. The maximum Gasteiger partial charge on any atom is 0.123 e. The first-order valence-corrected chi connectivity index (χ1v) is 6.24. The second-order valence-electron chi connectivity index (χ2n) is 3.86. The summed E-state index contributed by atoms with van der Waals surface area (Å²) in [6.07, 6.45) is 0.849. The lowest BCUT2D eigenvalue weighted by molar-refractivity contribution is 0.628. The highest BCUT2D eigenvalue weighted by molar-refractivity contribution is 9.10. The summed E-state index contributed by atoms with van der Waals surface area (Å²) in [5.41, 5.74) is 8.80. The molecule has 0 spiro atoms. The first-order chi connectivity index (χ1) is 8.20. The quantitative estimate of drug-likeness (QED) is 0.916. The van der Waals surface area contributed by atoms with Crippen LogP contribution in [0, 0.1) is 5.82 Å². The first kappa shape index (κ1) is 12.3. The Labute approximate surface area is 109 Å². The first-order valence-electron chi connectivity index (χ1n) is 5.45. The van der Waals surface area contributed by atoms with E-state index in [0.29, 0.717) is 6.54 Å². The van der Waals surface area contributed by atoms with Crippen LogP contribution in [0.25, 0.3) is 11.1 Å². The van der Waals surface area contributed by atoms with Gasteiger partial charge >= 0.3 is 0 Å². The Bertz CT molecular complexity index is 508. The predicted octanol–water partition coefficient (Wildman–Crippen LogP) is 3.76. The zero-order valence-electron chi connectivity index (χ0n) is 9.29. The third kappa shape index (κ3) is 2.93. The van der Waals surface area contributed by atoms with Gasteiger partial charge in [0.15, 0.2) is 0 Å². The summed E-state index contributed by atoms with van der Waals surface area (Å²) in [4.78, 5) is 0. The Hall–Kier alpha value is -1.19. The fourth-order valence-corrected chi connectivity index (χ4v) is 2.22. The molecule has 0 bridgehead atoms. The molecule has 2 aromatic rings. The van der Waals surface area contributed by atoms with Crippen molar-refractivity contribution in [1.29, 1.82) is 0 Å². The lowest BCUT2D eigenvalue weighted by Gasteiger charge is -2.07. The molecule has 2 rings (SSSR count). The summed E-state index contributed by atoms with van der Waals surface area (Å²) in [7, 11) is 0. The van der Waals surface area contributed by atoms with E-state index in [1.807, 2.05) is 12.1 Å². The third-order valence-corrected chi connectivity index (χ3v) is 3.31. The Morgan fingerprint density at radius 1 is 1.06 bits per heavy atom. The molecule has 0 aliphatic rings. The number of halogens is 2. The smallest absolute Gasteiger partial charge is 0.123 e. The summed E-state index contributed by atoms with van der Waals surface area (Å²) in [5, 5.41) is 0. The van der Waals surface area contributed by atoms with Crippen molar-refractivity contribution in [2.24, 2.45) is 5.73 Å². The highest BCUT2D eigenvalue weighted by atomic mass is 79.9. The standard InChI is InChI=1S/C14H13BrFN/c15-14-6-1-10(7-8-17)9-13(14)11-2-4-12(16)5-3-11/h1-6,9H,7-8,17H2. The van der Waals surface area contributed by atoms with Gasteiger partial charge in [0.2, 0.25) is 0 Å². The van der Waals surface area contributed by atoms with Crippen LogP contribution in [0.1, 0.15) is 5.56 Å². The number of rotatable bonds is 3. The molecule has 0 amide bonds. The molecule has 0 saturated carbocycles. The van der Waals surface area contributed by atoms with Gasteiger partial charge in [0.05, 0.1) is 0 Å². The molecule has 0 heterocycles. The molecule has 1 nitrogen and oxygen atoms in total. The molecule has 0 aliphatic carbocycles. The average molecular weight is 294 g/mol. The van der Waals surface area contributed by atoms with E-state index >= 15 is 0 Å². The minimum absolute atomic E-state index is 0.219. The van der Waals surface area contributed by atoms with E-state index in [1.54, 1.807) is 12.1 Å². The lowest BCUT2D eigenvalue weighted by Crippen LogP contribution is -2.02. The van der Waals surface area contributed by atoms with Gasteiger partial charge in [0, 0.05) is 4.47 Å². The van der Waals surface area contributed by atoms with Gasteiger partial charge in [-0.15, -0.1) is 0 Å². The number of benzene rings is 2. The van der Waals surface area contributed by atoms with Crippen molar-refractivity contribution in [1.82, 2.24) is 0 Å². The normalized spacial score (nSPS) is 10.5. The number of hydrogen-bond acceptors (Lipinski definition) is 1. The topological polar surface area (TPSA) is 26.0 Å². The molecular formula is C14H13BrFN. The van der Waals surface area contributed by atoms with E-state index in [1.165, 1.54) is 17.7 Å². The largest absolute Gasteiger partial charge is 0.330 e. The zero-order chi connectivity index (χ0) is 12.3. The Balaban J connectivity index is 2.42. The monoisotopic (exact) mass is 293 g/mol. The Morgan fingerprint density at radius 2 is 1.76 bits per heavy atom. The summed E-state index contributed by atoms with van der Waals surface area (Å²) >= 11 is 3.51. The maximum atomic E-state index is 12.9. The van der Waals surface area contributed by atoms with Crippen LogP contribution < -0.4 is 5.73 Å². The van der Waals surface area contributed by atoms with Crippen molar-refractivity contribution in [2.45, 2.75) is 6.42 Å². The van der Waals surface area contributed by atoms with Gasteiger partial charge in [0.1, 0.15) is 5.82 Å². The lowest BCUT2D eigenvalue weighted by atomic mass is 10.0. The summed E-state index contributed by atoms with van der Waals surface area (Å²) in [6.45, 7) is 0.629. The van der Waals surface area contributed by atoms with E-state index in [2.05, 4.69) is 22.0 Å². The van der Waals surface area contributed by atoms with Crippen LogP contribution in [0.4, 0.5) is 4.39 Å². The van der Waals surface area contributed by atoms with E-state index < -0.39 is 0 Å². The minimum atomic E-state index is -0.219. The van der Waals surface area contributed by atoms with Crippen molar-refractivity contribution in [3.8, 4) is 11.1 Å². The SMILES string of the molecule is NCCc1ccc(Br)c(-c2ccc(F)cc2)c1.